The van der Waals surface area contributed by atoms with E-state index in [-0.39, 0.29) is 5.91 Å². The van der Waals surface area contributed by atoms with Gasteiger partial charge in [0.25, 0.3) is 0 Å². The van der Waals surface area contributed by atoms with Crippen LogP contribution in [-0.2, 0) is 4.79 Å². The standard InChI is InChI=1S/C8H15N3O/c1-7(10)8(12)11-6-4-2-3-5-9/h7H,2-4,6,10H2,1H3,(H,11,12). The lowest BCUT2D eigenvalue weighted by molar-refractivity contribution is -0.121. The van der Waals surface area contributed by atoms with Gasteiger partial charge >= 0.3 is 0 Å². The molecule has 0 aromatic heterocycles. The molecule has 0 rings (SSSR count). The molecule has 12 heavy (non-hydrogen) atoms. The second-order valence-electron chi connectivity index (χ2n) is 2.69. The molecule has 1 atom stereocenters. The number of nitrogens with one attached hydrogen (secondary N) is 1. The maximum absolute atomic E-state index is 10.9. The quantitative estimate of drug-likeness (QED) is 0.575. The van der Waals surface area contributed by atoms with Gasteiger partial charge in [0, 0.05) is 13.0 Å². The van der Waals surface area contributed by atoms with Crippen LogP contribution in [0.2, 0.25) is 0 Å². The Morgan fingerprint density at radius 3 is 2.83 bits per heavy atom. The van der Waals surface area contributed by atoms with Crippen molar-refractivity contribution < 1.29 is 4.79 Å². The minimum Gasteiger partial charge on any atom is -0.355 e. The summed E-state index contributed by atoms with van der Waals surface area (Å²) in [5.74, 6) is -0.132. The molecule has 0 saturated heterocycles. The molecular formula is C8H15N3O. The third kappa shape index (κ3) is 5.69. The first-order valence-electron chi connectivity index (χ1n) is 4.08. The van der Waals surface area contributed by atoms with Crippen molar-refractivity contribution in [2.75, 3.05) is 6.54 Å². The van der Waals surface area contributed by atoms with Crippen LogP contribution in [0.15, 0.2) is 0 Å². The average Bonchev–Trinajstić information content (AvgIpc) is 2.03. The topological polar surface area (TPSA) is 78.9 Å². The van der Waals surface area contributed by atoms with E-state index >= 15 is 0 Å². The zero-order valence-electron chi connectivity index (χ0n) is 7.34. The van der Waals surface area contributed by atoms with E-state index in [0.717, 1.165) is 12.8 Å². The Morgan fingerprint density at radius 2 is 2.33 bits per heavy atom. The third-order valence-electron chi connectivity index (χ3n) is 1.43. The summed E-state index contributed by atoms with van der Waals surface area (Å²) in [4.78, 5) is 10.9. The molecule has 68 valence electrons. The largest absolute Gasteiger partial charge is 0.355 e. The van der Waals surface area contributed by atoms with E-state index in [2.05, 4.69) is 5.32 Å². The predicted molar refractivity (Wildman–Crippen MR) is 46.1 cm³/mol. The number of amides is 1. The van der Waals surface area contributed by atoms with E-state index in [1.165, 1.54) is 0 Å². The summed E-state index contributed by atoms with van der Waals surface area (Å²) >= 11 is 0. The number of hydrogen-bond donors (Lipinski definition) is 2. The summed E-state index contributed by atoms with van der Waals surface area (Å²) in [6.45, 7) is 2.26. The van der Waals surface area contributed by atoms with E-state index in [0.29, 0.717) is 13.0 Å². The smallest absolute Gasteiger partial charge is 0.236 e. The number of unbranched alkanes of at least 4 members (excludes halogenated alkanes) is 2. The molecule has 1 unspecified atom stereocenters. The summed E-state index contributed by atoms with van der Waals surface area (Å²) in [6.07, 6.45) is 2.22. The van der Waals surface area contributed by atoms with Gasteiger partial charge in [0.2, 0.25) is 5.91 Å². The summed E-state index contributed by atoms with van der Waals surface area (Å²) in [5.41, 5.74) is 5.31. The molecule has 4 nitrogen and oxygen atoms in total. The highest BCUT2D eigenvalue weighted by atomic mass is 16.2. The molecule has 0 heterocycles. The van der Waals surface area contributed by atoms with Crippen LogP contribution in [0.3, 0.4) is 0 Å². The van der Waals surface area contributed by atoms with Crippen molar-refractivity contribution in [2.24, 2.45) is 5.73 Å². The molecule has 0 aliphatic carbocycles. The number of carbonyl (C=O) groups excluding carboxylic acids is 1. The fourth-order valence-corrected chi connectivity index (χ4v) is 0.702. The van der Waals surface area contributed by atoms with Gasteiger partial charge in [0.1, 0.15) is 0 Å². The first kappa shape index (κ1) is 10.9. The van der Waals surface area contributed by atoms with E-state index in [4.69, 9.17) is 11.0 Å². The van der Waals surface area contributed by atoms with Gasteiger partial charge < -0.3 is 11.1 Å². The minimum absolute atomic E-state index is 0.132. The molecule has 1 amide bonds. The molecule has 0 aliphatic heterocycles. The molecule has 0 aromatic carbocycles. The van der Waals surface area contributed by atoms with Crippen LogP contribution in [0.5, 0.6) is 0 Å². The first-order chi connectivity index (χ1) is 5.68. The van der Waals surface area contributed by atoms with Gasteiger partial charge in [-0.05, 0) is 19.8 Å². The number of nitrogens with two attached hydrogens (primary N) is 1. The molecule has 3 N–H and O–H groups in total. The lowest BCUT2D eigenvalue weighted by Crippen LogP contribution is -2.38. The Labute approximate surface area is 72.7 Å². The molecule has 0 aromatic rings. The minimum atomic E-state index is -0.444. The molecule has 0 aliphatic rings. The van der Waals surface area contributed by atoms with Gasteiger partial charge in [-0.1, -0.05) is 0 Å². The van der Waals surface area contributed by atoms with E-state index in [1.54, 1.807) is 6.92 Å². The van der Waals surface area contributed by atoms with Gasteiger partial charge in [-0.15, -0.1) is 0 Å². The SMILES string of the molecule is CC(N)C(=O)NCCCCC#N. The van der Waals surface area contributed by atoms with Crippen LogP contribution < -0.4 is 11.1 Å². The van der Waals surface area contributed by atoms with Gasteiger partial charge in [-0.25, -0.2) is 0 Å². The number of nitrogens with zero attached hydrogens (tertiary/aromatic N) is 1. The maximum Gasteiger partial charge on any atom is 0.236 e. The van der Waals surface area contributed by atoms with Crippen molar-refractivity contribution in [3.8, 4) is 6.07 Å². The van der Waals surface area contributed by atoms with Crippen molar-refractivity contribution in [2.45, 2.75) is 32.2 Å². The van der Waals surface area contributed by atoms with Crippen molar-refractivity contribution in [3.63, 3.8) is 0 Å². The van der Waals surface area contributed by atoms with Crippen molar-refractivity contribution in [1.82, 2.24) is 5.32 Å². The number of carbonyl (C=O) groups is 1. The van der Waals surface area contributed by atoms with Crippen molar-refractivity contribution in [1.29, 1.82) is 5.26 Å². The van der Waals surface area contributed by atoms with Gasteiger partial charge in [-0.2, -0.15) is 5.26 Å². The Kier molecular flexibility index (Phi) is 6.02. The van der Waals surface area contributed by atoms with E-state index < -0.39 is 6.04 Å². The van der Waals surface area contributed by atoms with Crippen LogP contribution >= 0.6 is 0 Å². The summed E-state index contributed by atoms with van der Waals surface area (Å²) in [7, 11) is 0. The van der Waals surface area contributed by atoms with E-state index in [9.17, 15) is 4.79 Å². The maximum atomic E-state index is 10.9. The highest BCUT2D eigenvalue weighted by Gasteiger charge is 2.04. The fraction of sp³-hybridized carbons (Fsp3) is 0.750. The second kappa shape index (κ2) is 6.62. The molecule has 0 fully saturated rings. The van der Waals surface area contributed by atoms with Crippen LogP contribution in [0.25, 0.3) is 0 Å². The number of nitriles is 1. The fourth-order valence-electron chi connectivity index (χ4n) is 0.702. The zero-order chi connectivity index (χ0) is 9.40. The highest BCUT2D eigenvalue weighted by molar-refractivity contribution is 5.80. The lowest BCUT2D eigenvalue weighted by Gasteiger charge is -2.05. The number of rotatable bonds is 5. The third-order valence-corrected chi connectivity index (χ3v) is 1.43. The van der Waals surface area contributed by atoms with Crippen molar-refractivity contribution in [3.05, 3.63) is 0 Å². The van der Waals surface area contributed by atoms with Crippen LogP contribution in [0.1, 0.15) is 26.2 Å². The first-order valence-corrected chi connectivity index (χ1v) is 4.08. The van der Waals surface area contributed by atoms with Crippen LogP contribution in [0.4, 0.5) is 0 Å². The highest BCUT2D eigenvalue weighted by Crippen LogP contribution is 1.91. The second-order valence-corrected chi connectivity index (χ2v) is 2.69. The van der Waals surface area contributed by atoms with Crippen LogP contribution in [0, 0.1) is 11.3 Å². The molecule has 0 spiro atoms. The van der Waals surface area contributed by atoms with Gasteiger partial charge in [0.15, 0.2) is 0 Å². The Bertz CT molecular complexity index is 172. The molecule has 0 radical (unpaired) electrons. The van der Waals surface area contributed by atoms with Crippen LogP contribution in [-0.4, -0.2) is 18.5 Å². The van der Waals surface area contributed by atoms with Gasteiger partial charge in [0.05, 0.1) is 12.1 Å². The molecule has 0 saturated carbocycles. The zero-order valence-corrected chi connectivity index (χ0v) is 7.34. The average molecular weight is 169 g/mol. The van der Waals surface area contributed by atoms with E-state index in [1.807, 2.05) is 6.07 Å². The Hall–Kier alpha value is -1.08. The predicted octanol–water partition coefficient (Wildman–Crippen LogP) is 0.144. The normalized spacial score (nSPS) is 11.8. The summed E-state index contributed by atoms with van der Waals surface area (Å²) in [5, 5.41) is 10.9. The van der Waals surface area contributed by atoms with Crippen molar-refractivity contribution >= 4 is 5.91 Å². The summed E-state index contributed by atoms with van der Waals surface area (Å²) < 4.78 is 0. The monoisotopic (exact) mass is 169 g/mol. The number of hydrogen-bond acceptors (Lipinski definition) is 3. The Morgan fingerprint density at radius 1 is 1.67 bits per heavy atom. The molecule has 4 heteroatoms. The molecule has 0 bridgehead atoms. The Balaban J connectivity index is 3.21. The lowest BCUT2D eigenvalue weighted by atomic mass is 10.2. The summed E-state index contributed by atoms with van der Waals surface area (Å²) in [6, 6.07) is 1.60. The van der Waals surface area contributed by atoms with Gasteiger partial charge in [-0.3, -0.25) is 4.79 Å². The molecular weight excluding hydrogens is 154 g/mol.